The third-order valence-electron chi connectivity index (χ3n) is 1.96. The number of hydrogen-bond acceptors (Lipinski definition) is 3. The number of esters is 1. The maximum atomic E-state index is 10.8. The van der Waals surface area contributed by atoms with Gasteiger partial charge >= 0.3 is 11.3 Å². The number of amides is 1. The molecule has 1 aliphatic heterocycles. The normalized spacial score (nSPS) is 22.6. The van der Waals surface area contributed by atoms with Crippen LogP contribution < -0.4 is 0 Å². The molecule has 4 nitrogen and oxygen atoms in total. The Hall–Kier alpha value is -0.770. The summed E-state index contributed by atoms with van der Waals surface area (Å²) in [7, 11) is 0. The van der Waals surface area contributed by atoms with E-state index in [1.54, 1.807) is 0 Å². The third kappa shape index (κ3) is 3.22. The number of likely N-dealkylation sites (tertiary alicyclic amines) is 1. The first-order valence-corrected chi connectivity index (χ1v) is 4.59. The number of hydrogen-bond donors (Lipinski definition) is 0. The minimum atomic E-state index is -0.475. The Bertz CT molecular complexity index is 219. The summed E-state index contributed by atoms with van der Waals surface area (Å²) in [6, 6.07) is 0. The number of carbonyl (C=O) groups excluding carboxylic acids is 2. The van der Waals surface area contributed by atoms with Crippen LogP contribution in [0.2, 0.25) is 0 Å². The largest absolute Gasteiger partial charge is 0.461 e. The minimum absolute atomic E-state index is 0.186. The molecule has 1 unspecified atom stereocenters. The molecule has 0 saturated carbocycles. The highest BCUT2D eigenvalue weighted by Crippen LogP contribution is 2.14. The van der Waals surface area contributed by atoms with E-state index in [-0.39, 0.29) is 12.1 Å². The molecule has 0 aliphatic carbocycles. The van der Waals surface area contributed by atoms with Crippen molar-refractivity contribution in [3.8, 4) is 0 Å². The van der Waals surface area contributed by atoms with Crippen molar-refractivity contribution in [2.45, 2.75) is 25.9 Å². The highest BCUT2D eigenvalue weighted by molar-refractivity contribution is 6.62. The van der Waals surface area contributed by atoms with Crippen LogP contribution in [0.25, 0.3) is 0 Å². The van der Waals surface area contributed by atoms with E-state index >= 15 is 0 Å². The molecule has 1 rings (SSSR count). The summed E-state index contributed by atoms with van der Waals surface area (Å²) < 4.78 is 4.98. The zero-order chi connectivity index (χ0) is 9.84. The van der Waals surface area contributed by atoms with Crippen LogP contribution in [-0.2, 0) is 9.53 Å². The summed E-state index contributed by atoms with van der Waals surface area (Å²) in [5, 5.41) is -0.475. The fraction of sp³-hybridized carbons (Fsp3) is 0.750. The van der Waals surface area contributed by atoms with Gasteiger partial charge in [0.2, 0.25) is 0 Å². The lowest BCUT2D eigenvalue weighted by atomic mass is 10.1. The van der Waals surface area contributed by atoms with Gasteiger partial charge < -0.3 is 9.64 Å². The Labute approximate surface area is 81.8 Å². The number of halogens is 1. The Morgan fingerprint density at radius 2 is 2.23 bits per heavy atom. The number of nitrogens with zero attached hydrogens (tertiary/aromatic N) is 1. The van der Waals surface area contributed by atoms with Crippen molar-refractivity contribution >= 4 is 22.9 Å². The van der Waals surface area contributed by atoms with Gasteiger partial charge in [0.1, 0.15) is 6.10 Å². The monoisotopic (exact) mass is 205 g/mol. The van der Waals surface area contributed by atoms with Gasteiger partial charge in [-0.1, -0.05) is 0 Å². The number of ether oxygens (including phenoxy) is 1. The highest BCUT2D eigenvalue weighted by atomic mass is 35.5. The van der Waals surface area contributed by atoms with Gasteiger partial charge in [0, 0.05) is 13.5 Å². The van der Waals surface area contributed by atoms with Crippen molar-refractivity contribution in [2.24, 2.45) is 0 Å². The van der Waals surface area contributed by atoms with E-state index in [9.17, 15) is 9.59 Å². The van der Waals surface area contributed by atoms with Crippen LogP contribution in [0.15, 0.2) is 0 Å². The lowest BCUT2D eigenvalue weighted by molar-refractivity contribution is -0.148. The molecule has 1 saturated heterocycles. The van der Waals surface area contributed by atoms with Crippen LogP contribution in [0.5, 0.6) is 0 Å². The van der Waals surface area contributed by atoms with E-state index in [2.05, 4.69) is 0 Å². The average Bonchev–Trinajstić information content (AvgIpc) is 2.03. The lowest BCUT2D eigenvalue weighted by Gasteiger charge is -2.30. The molecule has 1 heterocycles. The molecule has 0 spiro atoms. The van der Waals surface area contributed by atoms with Crippen molar-refractivity contribution in [3.63, 3.8) is 0 Å². The smallest absolute Gasteiger partial charge is 0.316 e. The first-order chi connectivity index (χ1) is 6.09. The second kappa shape index (κ2) is 4.46. The zero-order valence-corrected chi connectivity index (χ0v) is 8.21. The summed E-state index contributed by atoms with van der Waals surface area (Å²) in [6.07, 6.45) is 1.45. The number of carbonyl (C=O) groups is 2. The summed E-state index contributed by atoms with van der Waals surface area (Å²) in [5.41, 5.74) is 0. The molecule has 0 aromatic carbocycles. The van der Waals surface area contributed by atoms with Gasteiger partial charge in [0.05, 0.1) is 6.54 Å². The van der Waals surface area contributed by atoms with Crippen LogP contribution in [0, 0.1) is 0 Å². The molecular weight excluding hydrogens is 194 g/mol. The Kier molecular flexibility index (Phi) is 3.54. The fourth-order valence-electron chi connectivity index (χ4n) is 1.43. The van der Waals surface area contributed by atoms with Crippen LogP contribution >= 0.6 is 11.6 Å². The minimum Gasteiger partial charge on any atom is -0.461 e. The molecule has 1 fully saturated rings. The first kappa shape index (κ1) is 10.3. The van der Waals surface area contributed by atoms with E-state index < -0.39 is 5.37 Å². The first-order valence-electron chi connectivity index (χ1n) is 4.21. The van der Waals surface area contributed by atoms with Gasteiger partial charge in [0.15, 0.2) is 0 Å². The second-order valence-electron chi connectivity index (χ2n) is 3.07. The van der Waals surface area contributed by atoms with Crippen molar-refractivity contribution in [3.05, 3.63) is 0 Å². The average molecular weight is 206 g/mol. The molecule has 1 aliphatic rings. The summed E-state index contributed by atoms with van der Waals surface area (Å²) in [4.78, 5) is 22.9. The molecule has 0 aromatic rings. The second-order valence-corrected chi connectivity index (χ2v) is 3.40. The maximum absolute atomic E-state index is 10.8. The van der Waals surface area contributed by atoms with Crippen LogP contribution in [0.3, 0.4) is 0 Å². The zero-order valence-electron chi connectivity index (χ0n) is 7.46. The molecule has 1 atom stereocenters. The van der Waals surface area contributed by atoms with Crippen molar-refractivity contribution < 1.29 is 14.3 Å². The quantitative estimate of drug-likeness (QED) is 0.369. The molecule has 13 heavy (non-hydrogen) atoms. The molecular formula is C8H12ClNO3. The third-order valence-corrected chi connectivity index (χ3v) is 2.20. The van der Waals surface area contributed by atoms with Gasteiger partial charge in [-0.2, -0.15) is 0 Å². The lowest BCUT2D eigenvalue weighted by Crippen LogP contribution is -2.41. The fourth-order valence-corrected chi connectivity index (χ4v) is 1.58. The molecule has 0 radical (unpaired) electrons. The van der Waals surface area contributed by atoms with Crippen molar-refractivity contribution in [1.82, 2.24) is 4.90 Å². The SMILES string of the molecule is CC(=O)OC1CCCN(C(=O)Cl)C1. The Morgan fingerprint density at radius 3 is 2.77 bits per heavy atom. The standard InChI is InChI=1S/C8H12ClNO3/c1-6(11)13-7-3-2-4-10(5-7)8(9)12/h7H,2-5H2,1H3. The summed E-state index contributed by atoms with van der Waals surface area (Å²) in [5.74, 6) is -0.311. The predicted molar refractivity (Wildman–Crippen MR) is 47.6 cm³/mol. The van der Waals surface area contributed by atoms with Gasteiger partial charge in [-0.15, -0.1) is 0 Å². The van der Waals surface area contributed by atoms with E-state index in [1.807, 2.05) is 0 Å². The van der Waals surface area contributed by atoms with Crippen molar-refractivity contribution in [1.29, 1.82) is 0 Å². The van der Waals surface area contributed by atoms with E-state index in [4.69, 9.17) is 16.3 Å². The molecule has 0 N–H and O–H groups in total. The maximum Gasteiger partial charge on any atom is 0.316 e. The highest BCUT2D eigenvalue weighted by Gasteiger charge is 2.24. The Balaban J connectivity index is 2.41. The van der Waals surface area contributed by atoms with Gasteiger partial charge in [0.25, 0.3) is 0 Å². The molecule has 0 aromatic heterocycles. The Morgan fingerprint density at radius 1 is 1.54 bits per heavy atom. The van der Waals surface area contributed by atoms with Gasteiger partial charge in [-0.05, 0) is 24.4 Å². The topological polar surface area (TPSA) is 46.6 Å². The molecule has 0 bridgehead atoms. The van der Waals surface area contributed by atoms with Crippen LogP contribution in [0.4, 0.5) is 4.79 Å². The van der Waals surface area contributed by atoms with Crippen LogP contribution in [-0.4, -0.2) is 35.4 Å². The van der Waals surface area contributed by atoms with Crippen molar-refractivity contribution in [2.75, 3.05) is 13.1 Å². The summed E-state index contributed by atoms with van der Waals surface area (Å²) >= 11 is 5.30. The summed E-state index contributed by atoms with van der Waals surface area (Å²) in [6.45, 7) is 2.43. The van der Waals surface area contributed by atoms with E-state index in [1.165, 1.54) is 11.8 Å². The number of rotatable bonds is 1. The predicted octanol–water partition coefficient (Wildman–Crippen LogP) is 1.37. The van der Waals surface area contributed by atoms with E-state index in [0.29, 0.717) is 13.1 Å². The molecule has 5 heteroatoms. The molecule has 74 valence electrons. The van der Waals surface area contributed by atoms with E-state index in [0.717, 1.165) is 12.8 Å². The molecule has 1 amide bonds. The van der Waals surface area contributed by atoms with Gasteiger partial charge in [-0.25, -0.2) is 0 Å². The van der Waals surface area contributed by atoms with Gasteiger partial charge in [-0.3, -0.25) is 9.59 Å². The van der Waals surface area contributed by atoms with Crippen LogP contribution in [0.1, 0.15) is 19.8 Å². The number of piperidine rings is 1.